The molecule has 1 saturated heterocycles. The number of β-amino-alcohol motifs (C(OH)–C–C–N with tert-alkyl or cyclic N) is 1. The molecule has 1 aromatic rings. The SMILES string of the molecule is CC(C)(C)N1CC(O)(c2ccc(C#N)cc2)C1. The van der Waals surface area contributed by atoms with Gasteiger partial charge in [-0.2, -0.15) is 5.26 Å². The second-order valence-electron chi connectivity index (χ2n) is 5.75. The smallest absolute Gasteiger partial charge is 0.115 e. The fourth-order valence-corrected chi connectivity index (χ4v) is 2.10. The molecular weight excluding hydrogens is 212 g/mol. The maximum Gasteiger partial charge on any atom is 0.115 e. The average Bonchev–Trinajstić information content (AvgIpc) is 2.23. The van der Waals surface area contributed by atoms with Gasteiger partial charge >= 0.3 is 0 Å². The number of likely N-dealkylation sites (tertiary alicyclic amines) is 1. The molecule has 1 aromatic carbocycles. The minimum absolute atomic E-state index is 0.0961. The average molecular weight is 230 g/mol. The summed E-state index contributed by atoms with van der Waals surface area (Å²) in [7, 11) is 0. The van der Waals surface area contributed by atoms with Gasteiger partial charge in [-0.15, -0.1) is 0 Å². The van der Waals surface area contributed by atoms with Gasteiger partial charge in [0.2, 0.25) is 0 Å². The molecule has 0 aliphatic carbocycles. The van der Waals surface area contributed by atoms with E-state index in [9.17, 15) is 5.11 Å². The fourth-order valence-electron chi connectivity index (χ4n) is 2.10. The van der Waals surface area contributed by atoms with Crippen LogP contribution in [0.2, 0.25) is 0 Å². The zero-order valence-corrected chi connectivity index (χ0v) is 10.6. The van der Waals surface area contributed by atoms with Crippen molar-refractivity contribution in [3.8, 4) is 6.07 Å². The summed E-state index contributed by atoms with van der Waals surface area (Å²) < 4.78 is 0. The van der Waals surface area contributed by atoms with Crippen LogP contribution in [0.5, 0.6) is 0 Å². The van der Waals surface area contributed by atoms with Crippen molar-refractivity contribution in [3.05, 3.63) is 35.4 Å². The Morgan fingerprint density at radius 3 is 2.18 bits per heavy atom. The number of hydrogen-bond acceptors (Lipinski definition) is 3. The monoisotopic (exact) mass is 230 g/mol. The van der Waals surface area contributed by atoms with Crippen LogP contribution in [0.1, 0.15) is 31.9 Å². The molecule has 1 fully saturated rings. The van der Waals surface area contributed by atoms with E-state index in [0.29, 0.717) is 18.7 Å². The first kappa shape index (κ1) is 12.1. The van der Waals surface area contributed by atoms with Crippen molar-refractivity contribution < 1.29 is 5.11 Å². The van der Waals surface area contributed by atoms with Gasteiger partial charge < -0.3 is 5.11 Å². The first-order valence-corrected chi connectivity index (χ1v) is 5.83. The third-order valence-electron chi connectivity index (χ3n) is 3.40. The normalized spacial score (nSPS) is 19.5. The lowest BCUT2D eigenvalue weighted by molar-refractivity contribution is -0.137. The predicted molar refractivity (Wildman–Crippen MR) is 66.4 cm³/mol. The molecule has 3 heteroatoms. The molecule has 0 bridgehead atoms. The summed E-state index contributed by atoms with van der Waals surface area (Å²) in [6.45, 7) is 7.74. The van der Waals surface area contributed by atoms with Crippen molar-refractivity contribution in [3.63, 3.8) is 0 Å². The highest BCUT2D eigenvalue weighted by Crippen LogP contribution is 2.36. The van der Waals surface area contributed by atoms with Crippen molar-refractivity contribution in [2.75, 3.05) is 13.1 Å². The van der Waals surface area contributed by atoms with E-state index < -0.39 is 5.60 Å². The molecular formula is C14H18N2O. The third kappa shape index (κ3) is 2.19. The number of benzene rings is 1. The lowest BCUT2D eigenvalue weighted by Gasteiger charge is -2.53. The second kappa shape index (κ2) is 3.83. The molecule has 1 N–H and O–H groups in total. The first-order valence-electron chi connectivity index (χ1n) is 5.83. The van der Waals surface area contributed by atoms with Crippen molar-refractivity contribution >= 4 is 0 Å². The first-order chi connectivity index (χ1) is 7.85. The predicted octanol–water partition coefficient (Wildman–Crippen LogP) is 1.86. The molecule has 0 amide bonds. The van der Waals surface area contributed by atoms with Crippen LogP contribution in [0.4, 0.5) is 0 Å². The van der Waals surface area contributed by atoms with Crippen LogP contribution in [0, 0.1) is 11.3 Å². The summed E-state index contributed by atoms with van der Waals surface area (Å²) in [6.07, 6.45) is 0. The Balaban J connectivity index is 2.12. The fraction of sp³-hybridized carbons (Fsp3) is 0.500. The van der Waals surface area contributed by atoms with Gasteiger partial charge in [0.15, 0.2) is 0 Å². The lowest BCUT2D eigenvalue weighted by atomic mass is 9.82. The highest BCUT2D eigenvalue weighted by molar-refractivity contribution is 5.35. The molecule has 0 atom stereocenters. The van der Waals surface area contributed by atoms with Gasteiger partial charge in [0.25, 0.3) is 0 Å². The Bertz CT molecular complexity index is 445. The van der Waals surface area contributed by atoms with E-state index in [-0.39, 0.29) is 5.54 Å². The van der Waals surface area contributed by atoms with Crippen LogP contribution in [0.15, 0.2) is 24.3 Å². The molecule has 90 valence electrons. The third-order valence-corrected chi connectivity index (χ3v) is 3.40. The van der Waals surface area contributed by atoms with Crippen LogP contribution < -0.4 is 0 Å². The van der Waals surface area contributed by atoms with E-state index in [4.69, 9.17) is 5.26 Å². The van der Waals surface area contributed by atoms with Crippen LogP contribution in [-0.2, 0) is 5.60 Å². The minimum atomic E-state index is -0.749. The lowest BCUT2D eigenvalue weighted by Crippen LogP contribution is -2.64. The number of nitriles is 1. The Labute approximate surface area is 102 Å². The molecule has 0 unspecified atom stereocenters. The molecule has 0 saturated carbocycles. The van der Waals surface area contributed by atoms with Crippen molar-refractivity contribution in [2.45, 2.75) is 31.9 Å². The molecule has 17 heavy (non-hydrogen) atoms. The summed E-state index contributed by atoms with van der Waals surface area (Å²) in [6, 6.07) is 9.29. The molecule has 0 spiro atoms. The summed E-state index contributed by atoms with van der Waals surface area (Å²) in [5.74, 6) is 0. The van der Waals surface area contributed by atoms with Gasteiger partial charge in [-0.25, -0.2) is 0 Å². The number of aliphatic hydroxyl groups is 1. The van der Waals surface area contributed by atoms with Gasteiger partial charge in [-0.05, 0) is 38.5 Å². The molecule has 0 radical (unpaired) electrons. The Morgan fingerprint density at radius 2 is 1.76 bits per heavy atom. The van der Waals surface area contributed by atoms with E-state index in [2.05, 4.69) is 31.7 Å². The van der Waals surface area contributed by atoms with Crippen molar-refractivity contribution in [2.24, 2.45) is 0 Å². The zero-order chi connectivity index (χ0) is 12.7. The van der Waals surface area contributed by atoms with Crippen LogP contribution in [0.3, 0.4) is 0 Å². The van der Waals surface area contributed by atoms with Gasteiger partial charge in [0, 0.05) is 18.6 Å². The maximum absolute atomic E-state index is 10.5. The number of nitrogens with zero attached hydrogens (tertiary/aromatic N) is 2. The van der Waals surface area contributed by atoms with E-state index in [0.717, 1.165) is 5.56 Å². The summed E-state index contributed by atoms with van der Waals surface area (Å²) in [4.78, 5) is 2.24. The highest BCUT2D eigenvalue weighted by Gasteiger charge is 2.46. The molecule has 2 rings (SSSR count). The van der Waals surface area contributed by atoms with E-state index in [1.807, 2.05) is 12.1 Å². The number of rotatable bonds is 1. The van der Waals surface area contributed by atoms with Gasteiger partial charge in [-0.3, -0.25) is 4.90 Å². The Hall–Kier alpha value is -1.37. The zero-order valence-electron chi connectivity index (χ0n) is 10.6. The van der Waals surface area contributed by atoms with Gasteiger partial charge in [0.05, 0.1) is 11.6 Å². The van der Waals surface area contributed by atoms with Crippen molar-refractivity contribution in [1.82, 2.24) is 4.90 Å². The van der Waals surface area contributed by atoms with Gasteiger partial charge in [0.1, 0.15) is 5.60 Å². The summed E-state index contributed by atoms with van der Waals surface area (Å²) in [5.41, 5.74) is 0.876. The highest BCUT2D eigenvalue weighted by atomic mass is 16.3. The van der Waals surface area contributed by atoms with E-state index >= 15 is 0 Å². The van der Waals surface area contributed by atoms with Crippen LogP contribution in [-0.4, -0.2) is 28.6 Å². The topological polar surface area (TPSA) is 47.3 Å². The molecule has 1 aliphatic rings. The van der Waals surface area contributed by atoms with Crippen LogP contribution >= 0.6 is 0 Å². The largest absolute Gasteiger partial charge is 0.382 e. The Morgan fingerprint density at radius 1 is 1.24 bits per heavy atom. The molecule has 1 aliphatic heterocycles. The van der Waals surface area contributed by atoms with Crippen LogP contribution in [0.25, 0.3) is 0 Å². The summed E-state index contributed by atoms with van der Waals surface area (Å²) in [5, 5.41) is 19.2. The second-order valence-corrected chi connectivity index (χ2v) is 5.75. The van der Waals surface area contributed by atoms with E-state index in [1.54, 1.807) is 12.1 Å². The molecule has 1 heterocycles. The minimum Gasteiger partial charge on any atom is -0.382 e. The van der Waals surface area contributed by atoms with Crippen molar-refractivity contribution in [1.29, 1.82) is 5.26 Å². The summed E-state index contributed by atoms with van der Waals surface area (Å²) >= 11 is 0. The molecule has 0 aromatic heterocycles. The molecule has 3 nitrogen and oxygen atoms in total. The maximum atomic E-state index is 10.5. The van der Waals surface area contributed by atoms with Gasteiger partial charge in [-0.1, -0.05) is 12.1 Å². The number of hydrogen-bond donors (Lipinski definition) is 1. The standard InChI is InChI=1S/C14H18N2O/c1-13(2,3)16-9-14(17,10-16)12-6-4-11(8-15)5-7-12/h4-7,17H,9-10H2,1-3H3. The van der Waals surface area contributed by atoms with E-state index in [1.165, 1.54) is 0 Å². The quantitative estimate of drug-likeness (QED) is 0.801. The Kier molecular flexibility index (Phi) is 2.73.